The summed E-state index contributed by atoms with van der Waals surface area (Å²) in [5, 5.41) is 0. The second-order valence-electron chi connectivity index (χ2n) is 3.42. The second kappa shape index (κ2) is 8.11. The van der Waals surface area contributed by atoms with Crippen LogP contribution in [0.1, 0.15) is 33.1 Å². The van der Waals surface area contributed by atoms with Gasteiger partial charge in [-0.2, -0.15) is 0 Å². The second-order valence-corrected chi connectivity index (χ2v) is 3.42. The van der Waals surface area contributed by atoms with Crippen LogP contribution in [-0.2, 0) is 4.74 Å². The summed E-state index contributed by atoms with van der Waals surface area (Å²) in [6.45, 7) is 11.3. The molecule has 78 valence electrons. The highest BCUT2D eigenvalue weighted by molar-refractivity contribution is 4.88. The van der Waals surface area contributed by atoms with Crippen molar-refractivity contribution in [2.75, 3.05) is 26.8 Å². The molecule has 0 fully saturated rings. The number of unbranched alkanes of at least 4 members (excludes halogenated alkanes) is 1. The summed E-state index contributed by atoms with van der Waals surface area (Å²) in [5.74, 6) is 0. The van der Waals surface area contributed by atoms with Crippen LogP contribution < -0.4 is 0 Å². The Kier molecular flexibility index (Phi) is 7.80. The first kappa shape index (κ1) is 12.5. The summed E-state index contributed by atoms with van der Waals surface area (Å²) in [7, 11) is 1.75. The standard InChI is InChI=1S/C11H23NO/c1-5-6-8-12(11(2)3)9-7-10-13-4/h2,5-10H2,1,3-4H3. The molecule has 2 nitrogen and oxygen atoms in total. The molecule has 0 aromatic heterocycles. The quantitative estimate of drug-likeness (QED) is 0.539. The van der Waals surface area contributed by atoms with Gasteiger partial charge in [-0.25, -0.2) is 0 Å². The van der Waals surface area contributed by atoms with Gasteiger partial charge in [-0.3, -0.25) is 0 Å². The third kappa shape index (κ3) is 6.64. The molecule has 0 unspecified atom stereocenters. The van der Waals surface area contributed by atoms with Gasteiger partial charge in [-0.05, 0) is 19.8 Å². The van der Waals surface area contributed by atoms with E-state index < -0.39 is 0 Å². The zero-order chi connectivity index (χ0) is 10.1. The van der Waals surface area contributed by atoms with Crippen LogP contribution in [0, 0.1) is 0 Å². The van der Waals surface area contributed by atoms with Gasteiger partial charge in [0.15, 0.2) is 0 Å². The van der Waals surface area contributed by atoms with E-state index in [1.807, 2.05) is 0 Å². The van der Waals surface area contributed by atoms with E-state index in [1.165, 1.54) is 18.5 Å². The predicted molar refractivity (Wildman–Crippen MR) is 57.8 cm³/mol. The number of hydrogen-bond donors (Lipinski definition) is 0. The fourth-order valence-electron chi connectivity index (χ4n) is 1.24. The molecule has 0 heterocycles. The molecule has 0 aliphatic rings. The zero-order valence-electron chi connectivity index (χ0n) is 9.31. The molecule has 0 aliphatic heterocycles. The monoisotopic (exact) mass is 185 g/mol. The normalized spacial score (nSPS) is 10.1. The SMILES string of the molecule is C=C(C)N(CCCC)CCCOC. The fourth-order valence-corrected chi connectivity index (χ4v) is 1.24. The Bertz CT molecular complexity index is 134. The molecule has 0 radical (unpaired) electrons. The number of ether oxygens (including phenoxy) is 1. The van der Waals surface area contributed by atoms with Crippen molar-refractivity contribution in [2.45, 2.75) is 33.1 Å². The molecule has 0 saturated heterocycles. The topological polar surface area (TPSA) is 12.5 Å². The number of hydrogen-bond acceptors (Lipinski definition) is 2. The summed E-state index contributed by atoms with van der Waals surface area (Å²) in [5.41, 5.74) is 1.17. The number of rotatable bonds is 8. The van der Waals surface area contributed by atoms with Crippen LogP contribution in [0.15, 0.2) is 12.3 Å². The lowest BCUT2D eigenvalue weighted by Crippen LogP contribution is -2.24. The van der Waals surface area contributed by atoms with E-state index in [0.717, 1.165) is 26.1 Å². The minimum Gasteiger partial charge on any atom is -0.385 e. The Morgan fingerprint density at radius 3 is 2.38 bits per heavy atom. The van der Waals surface area contributed by atoms with Crippen molar-refractivity contribution in [1.29, 1.82) is 0 Å². The summed E-state index contributed by atoms with van der Waals surface area (Å²) < 4.78 is 5.02. The lowest BCUT2D eigenvalue weighted by atomic mass is 10.3. The van der Waals surface area contributed by atoms with Gasteiger partial charge in [-0.1, -0.05) is 19.9 Å². The average molecular weight is 185 g/mol. The molecule has 0 bridgehead atoms. The lowest BCUT2D eigenvalue weighted by molar-refractivity contribution is 0.180. The highest BCUT2D eigenvalue weighted by atomic mass is 16.5. The van der Waals surface area contributed by atoms with E-state index in [-0.39, 0.29) is 0 Å². The molecule has 0 rings (SSSR count). The van der Waals surface area contributed by atoms with Crippen LogP contribution in [0.3, 0.4) is 0 Å². The van der Waals surface area contributed by atoms with Crippen LogP contribution in [0.5, 0.6) is 0 Å². The molecule has 0 amide bonds. The van der Waals surface area contributed by atoms with Crippen molar-refractivity contribution in [1.82, 2.24) is 4.90 Å². The van der Waals surface area contributed by atoms with Crippen LogP contribution >= 0.6 is 0 Å². The fraction of sp³-hybridized carbons (Fsp3) is 0.818. The van der Waals surface area contributed by atoms with Crippen molar-refractivity contribution >= 4 is 0 Å². The Balaban J connectivity index is 3.61. The first-order valence-corrected chi connectivity index (χ1v) is 5.11. The van der Waals surface area contributed by atoms with Crippen molar-refractivity contribution < 1.29 is 4.74 Å². The van der Waals surface area contributed by atoms with Gasteiger partial charge in [0.1, 0.15) is 0 Å². The lowest BCUT2D eigenvalue weighted by Gasteiger charge is -2.24. The smallest absolute Gasteiger partial charge is 0.0479 e. The summed E-state index contributed by atoms with van der Waals surface area (Å²) in [4.78, 5) is 2.34. The molecule has 0 N–H and O–H groups in total. The van der Waals surface area contributed by atoms with E-state index in [1.54, 1.807) is 7.11 Å². The zero-order valence-corrected chi connectivity index (χ0v) is 9.31. The minimum absolute atomic E-state index is 0.843. The van der Waals surface area contributed by atoms with Gasteiger partial charge in [0.25, 0.3) is 0 Å². The molecule has 0 aromatic carbocycles. The van der Waals surface area contributed by atoms with E-state index in [0.29, 0.717) is 0 Å². The van der Waals surface area contributed by atoms with Crippen LogP contribution in [0.2, 0.25) is 0 Å². The molecule has 0 aliphatic carbocycles. The van der Waals surface area contributed by atoms with E-state index >= 15 is 0 Å². The van der Waals surface area contributed by atoms with Crippen molar-refractivity contribution in [3.8, 4) is 0 Å². The van der Waals surface area contributed by atoms with E-state index in [4.69, 9.17) is 4.74 Å². The van der Waals surface area contributed by atoms with Crippen LogP contribution in [-0.4, -0.2) is 31.7 Å². The van der Waals surface area contributed by atoms with Crippen molar-refractivity contribution in [3.63, 3.8) is 0 Å². The predicted octanol–water partition coefficient (Wildman–Crippen LogP) is 2.66. The van der Waals surface area contributed by atoms with Crippen molar-refractivity contribution in [3.05, 3.63) is 12.3 Å². The van der Waals surface area contributed by atoms with Gasteiger partial charge < -0.3 is 9.64 Å². The van der Waals surface area contributed by atoms with Gasteiger partial charge in [0.05, 0.1) is 0 Å². The highest BCUT2D eigenvalue weighted by Gasteiger charge is 2.01. The first-order valence-electron chi connectivity index (χ1n) is 5.11. The van der Waals surface area contributed by atoms with Gasteiger partial charge in [-0.15, -0.1) is 0 Å². The first-order chi connectivity index (χ1) is 6.22. The Morgan fingerprint density at radius 2 is 1.92 bits per heavy atom. The number of methoxy groups -OCH3 is 1. The molecule has 0 spiro atoms. The number of allylic oxidation sites excluding steroid dienone is 1. The number of nitrogens with zero attached hydrogens (tertiary/aromatic N) is 1. The van der Waals surface area contributed by atoms with E-state index in [2.05, 4.69) is 25.3 Å². The summed E-state index contributed by atoms with van der Waals surface area (Å²) >= 11 is 0. The maximum atomic E-state index is 5.02. The maximum Gasteiger partial charge on any atom is 0.0479 e. The third-order valence-electron chi connectivity index (χ3n) is 2.10. The minimum atomic E-state index is 0.843. The molecule has 0 saturated carbocycles. The van der Waals surface area contributed by atoms with Gasteiger partial charge in [0.2, 0.25) is 0 Å². The van der Waals surface area contributed by atoms with Gasteiger partial charge >= 0.3 is 0 Å². The molecule has 0 atom stereocenters. The third-order valence-corrected chi connectivity index (χ3v) is 2.10. The molecule has 2 heteroatoms. The Labute approximate surface area is 82.6 Å². The van der Waals surface area contributed by atoms with Crippen LogP contribution in [0.25, 0.3) is 0 Å². The molecular weight excluding hydrogens is 162 g/mol. The van der Waals surface area contributed by atoms with Gasteiger partial charge in [0, 0.05) is 32.5 Å². The maximum absolute atomic E-state index is 5.02. The molecule has 0 aromatic rings. The highest BCUT2D eigenvalue weighted by Crippen LogP contribution is 2.04. The summed E-state index contributed by atoms with van der Waals surface area (Å²) in [6.07, 6.45) is 3.58. The van der Waals surface area contributed by atoms with E-state index in [9.17, 15) is 0 Å². The largest absolute Gasteiger partial charge is 0.385 e. The Hall–Kier alpha value is -0.500. The molecular formula is C11H23NO. The molecule has 13 heavy (non-hydrogen) atoms. The van der Waals surface area contributed by atoms with Crippen LogP contribution in [0.4, 0.5) is 0 Å². The Morgan fingerprint density at radius 1 is 1.31 bits per heavy atom. The average Bonchev–Trinajstić information content (AvgIpc) is 2.10. The van der Waals surface area contributed by atoms with Crippen molar-refractivity contribution in [2.24, 2.45) is 0 Å². The summed E-state index contributed by atoms with van der Waals surface area (Å²) in [6, 6.07) is 0.